The lowest BCUT2D eigenvalue weighted by molar-refractivity contribution is -0.152. The van der Waals surface area contributed by atoms with Gasteiger partial charge in [-0.3, -0.25) is 34.7 Å². The van der Waals surface area contributed by atoms with Gasteiger partial charge in [0.05, 0.1) is 40.7 Å². The van der Waals surface area contributed by atoms with Gasteiger partial charge in [0.25, 0.3) is 5.91 Å². The molecule has 0 radical (unpaired) electrons. The zero-order valence-corrected chi connectivity index (χ0v) is 26.1. The summed E-state index contributed by atoms with van der Waals surface area (Å²) in [6.07, 6.45) is 4.09. The molecule has 230 valence electrons. The van der Waals surface area contributed by atoms with E-state index in [9.17, 15) is 19.2 Å². The molecule has 3 heterocycles. The normalized spacial score (nSPS) is 21.1. The predicted octanol–water partition coefficient (Wildman–Crippen LogP) is 3.58. The molecular formula is C32H34Cl2N6O4. The summed E-state index contributed by atoms with van der Waals surface area (Å²) < 4.78 is 1.71. The Bertz CT molecular complexity index is 1620. The fourth-order valence-corrected chi connectivity index (χ4v) is 6.72. The molecule has 3 aromatic rings. The number of amides is 4. The third-order valence-corrected chi connectivity index (χ3v) is 9.87. The van der Waals surface area contributed by atoms with E-state index >= 15 is 0 Å². The lowest BCUT2D eigenvalue weighted by atomic mass is 9.71. The minimum Gasteiger partial charge on any atom is -0.341 e. The van der Waals surface area contributed by atoms with Gasteiger partial charge in [-0.1, -0.05) is 73.4 Å². The van der Waals surface area contributed by atoms with Crippen molar-refractivity contribution in [2.24, 2.45) is 22.7 Å². The third-order valence-electron chi connectivity index (χ3n) is 9.13. The van der Waals surface area contributed by atoms with Crippen LogP contribution in [0.3, 0.4) is 0 Å². The van der Waals surface area contributed by atoms with Crippen molar-refractivity contribution >= 4 is 46.8 Å². The number of carbonyl (C=O) groups is 4. The molecule has 2 atom stereocenters. The summed E-state index contributed by atoms with van der Waals surface area (Å²) in [5, 5.41) is 5.09. The van der Waals surface area contributed by atoms with E-state index in [0.29, 0.717) is 47.4 Å². The number of hydrazine groups is 1. The number of hydrogen-bond donors (Lipinski definition) is 2. The van der Waals surface area contributed by atoms with Crippen molar-refractivity contribution in [3.8, 4) is 0 Å². The topological polar surface area (TPSA) is 117 Å². The Balaban J connectivity index is 1.13. The van der Waals surface area contributed by atoms with Crippen LogP contribution in [0, 0.1) is 22.7 Å². The molecular weight excluding hydrogens is 603 g/mol. The maximum absolute atomic E-state index is 13.6. The Kier molecular flexibility index (Phi) is 7.92. The van der Waals surface area contributed by atoms with E-state index in [1.54, 1.807) is 45.1 Å². The first-order valence-corrected chi connectivity index (χ1v) is 15.4. The summed E-state index contributed by atoms with van der Waals surface area (Å²) in [4.78, 5) is 56.3. The van der Waals surface area contributed by atoms with Gasteiger partial charge in [0.2, 0.25) is 17.7 Å². The SMILES string of the molecule is CC1(C)C[C@@H]1C(=O)N1CC2(CN(C(=O)c3cnn(Cc4ccccc4)c3)C[C@H]2C(=O)NNC(=O)Cc2ccc(Cl)c(Cl)c2)C1. The fraction of sp³-hybridized carbons (Fsp3) is 0.406. The number of benzene rings is 2. The zero-order valence-electron chi connectivity index (χ0n) is 24.6. The van der Waals surface area contributed by atoms with Crippen LogP contribution in [0.25, 0.3) is 0 Å². The summed E-state index contributed by atoms with van der Waals surface area (Å²) in [5.41, 5.74) is 6.57. The molecule has 12 heteroatoms. The predicted molar refractivity (Wildman–Crippen MR) is 165 cm³/mol. The van der Waals surface area contributed by atoms with Crippen molar-refractivity contribution in [3.63, 3.8) is 0 Å². The highest BCUT2D eigenvalue weighted by molar-refractivity contribution is 6.42. The number of rotatable bonds is 7. The van der Waals surface area contributed by atoms with Crippen LogP contribution in [0.15, 0.2) is 60.9 Å². The third kappa shape index (κ3) is 6.05. The molecule has 1 aromatic heterocycles. The van der Waals surface area contributed by atoms with E-state index in [0.717, 1.165) is 12.0 Å². The highest BCUT2D eigenvalue weighted by Crippen LogP contribution is 2.54. The smallest absolute Gasteiger partial charge is 0.257 e. The molecule has 2 aliphatic heterocycles. The highest BCUT2D eigenvalue weighted by atomic mass is 35.5. The number of halogens is 2. The number of nitrogens with one attached hydrogen (secondary N) is 2. The van der Waals surface area contributed by atoms with Gasteiger partial charge in [0, 0.05) is 43.7 Å². The molecule has 6 rings (SSSR count). The number of aromatic nitrogens is 2. The average molecular weight is 638 g/mol. The molecule has 44 heavy (non-hydrogen) atoms. The first kappa shape index (κ1) is 30.1. The number of likely N-dealkylation sites (tertiary alicyclic amines) is 2. The second kappa shape index (κ2) is 11.6. The largest absolute Gasteiger partial charge is 0.341 e. The van der Waals surface area contributed by atoms with Crippen LogP contribution in [0.1, 0.15) is 41.8 Å². The summed E-state index contributed by atoms with van der Waals surface area (Å²) >= 11 is 12.0. The molecule has 1 saturated carbocycles. The van der Waals surface area contributed by atoms with Gasteiger partial charge in [0.15, 0.2) is 0 Å². The van der Waals surface area contributed by atoms with E-state index < -0.39 is 23.1 Å². The standard InChI is InChI=1S/C32H34Cl2N6O4/c1-31(2)12-23(31)30(44)39-18-32(19-39)17-38(29(43)22-13-35-40(15-22)14-20-6-4-3-5-7-20)16-24(32)28(42)37-36-27(41)11-21-8-9-25(33)26(34)10-21/h3-10,13,15,23-24H,11-12,14,16-19H2,1-2H3,(H,36,41)(H,37,42)/t23-,24+/m1/s1. The van der Waals surface area contributed by atoms with Crippen LogP contribution < -0.4 is 10.9 Å². The lowest BCUT2D eigenvalue weighted by Crippen LogP contribution is -2.65. The molecule has 0 unspecified atom stereocenters. The molecule has 4 amide bonds. The van der Waals surface area contributed by atoms with E-state index in [2.05, 4.69) is 29.8 Å². The van der Waals surface area contributed by atoms with Gasteiger partial charge in [-0.25, -0.2) is 0 Å². The molecule has 1 aliphatic carbocycles. The molecule has 10 nitrogen and oxygen atoms in total. The van der Waals surface area contributed by atoms with E-state index in [-0.39, 0.29) is 36.1 Å². The van der Waals surface area contributed by atoms with Crippen molar-refractivity contribution in [3.05, 3.63) is 87.7 Å². The highest BCUT2D eigenvalue weighted by Gasteiger charge is 2.61. The van der Waals surface area contributed by atoms with Crippen LogP contribution in [-0.2, 0) is 27.3 Å². The molecule has 3 fully saturated rings. The van der Waals surface area contributed by atoms with Crippen LogP contribution in [0.5, 0.6) is 0 Å². The number of carbonyl (C=O) groups excluding carboxylic acids is 4. The van der Waals surface area contributed by atoms with Gasteiger partial charge in [0.1, 0.15) is 0 Å². The van der Waals surface area contributed by atoms with Gasteiger partial charge in [-0.05, 0) is 35.1 Å². The molecule has 2 saturated heterocycles. The number of hydrogen-bond acceptors (Lipinski definition) is 5. The molecule has 1 spiro atoms. The second-order valence-electron chi connectivity index (χ2n) is 12.9. The Morgan fingerprint density at radius 1 is 0.909 bits per heavy atom. The Labute approximate surface area is 265 Å². The maximum atomic E-state index is 13.6. The van der Waals surface area contributed by atoms with Crippen molar-refractivity contribution in [1.29, 1.82) is 0 Å². The molecule has 3 aliphatic rings. The summed E-state index contributed by atoms with van der Waals surface area (Å²) in [5.74, 6) is -1.59. The van der Waals surface area contributed by atoms with Crippen LogP contribution in [0.4, 0.5) is 0 Å². The van der Waals surface area contributed by atoms with Gasteiger partial charge in [-0.2, -0.15) is 5.10 Å². The minimum atomic E-state index is -0.618. The van der Waals surface area contributed by atoms with Crippen LogP contribution >= 0.6 is 23.2 Å². The van der Waals surface area contributed by atoms with E-state index in [1.165, 1.54) is 0 Å². The molecule has 0 bridgehead atoms. The van der Waals surface area contributed by atoms with Crippen molar-refractivity contribution < 1.29 is 19.2 Å². The second-order valence-corrected chi connectivity index (χ2v) is 13.7. The van der Waals surface area contributed by atoms with Crippen molar-refractivity contribution in [1.82, 2.24) is 30.4 Å². The summed E-state index contributed by atoms with van der Waals surface area (Å²) in [6.45, 7) is 5.93. The first-order valence-electron chi connectivity index (χ1n) is 14.6. The summed E-state index contributed by atoms with van der Waals surface area (Å²) in [7, 11) is 0. The van der Waals surface area contributed by atoms with E-state index in [4.69, 9.17) is 23.2 Å². The molecule has 2 aromatic carbocycles. The van der Waals surface area contributed by atoms with Gasteiger partial charge >= 0.3 is 0 Å². The summed E-state index contributed by atoms with van der Waals surface area (Å²) in [6, 6.07) is 14.7. The quantitative estimate of drug-likeness (QED) is 0.385. The Morgan fingerprint density at radius 3 is 2.30 bits per heavy atom. The minimum absolute atomic E-state index is 0.00715. The van der Waals surface area contributed by atoms with Gasteiger partial charge < -0.3 is 9.80 Å². The van der Waals surface area contributed by atoms with Crippen molar-refractivity contribution in [2.75, 3.05) is 26.2 Å². The lowest BCUT2D eigenvalue weighted by Gasteiger charge is -2.50. The zero-order chi connectivity index (χ0) is 31.2. The molecule has 2 N–H and O–H groups in total. The van der Waals surface area contributed by atoms with E-state index in [1.807, 2.05) is 30.3 Å². The van der Waals surface area contributed by atoms with Gasteiger partial charge in [-0.15, -0.1) is 0 Å². The Morgan fingerprint density at radius 2 is 1.61 bits per heavy atom. The maximum Gasteiger partial charge on any atom is 0.257 e. The van der Waals surface area contributed by atoms with Crippen LogP contribution in [-0.4, -0.2) is 69.4 Å². The number of nitrogens with zero attached hydrogens (tertiary/aromatic N) is 4. The van der Waals surface area contributed by atoms with Crippen LogP contribution in [0.2, 0.25) is 10.0 Å². The first-order chi connectivity index (χ1) is 20.9. The fourth-order valence-electron chi connectivity index (χ4n) is 6.40. The van der Waals surface area contributed by atoms with Crippen molar-refractivity contribution in [2.45, 2.75) is 33.2 Å². The average Bonchev–Trinajstić information content (AvgIpc) is 3.30. The monoisotopic (exact) mass is 636 g/mol. The Hall–Kier alpha value is -3.89.